The first-order valence-corrected chi connectivity index (χ1v) is 12.5. The number of aromatic nitrogens is 2. The van der Waals surface area contributed by atoms with Crippen LogP contribution in [-0.4, -0.2) is 40.6 Å². The second kappa shape index (κ2) is 10.3. The molecule has 1 amide bonds. The van der Waals surface area contributed by atoms with Crippen molar-refractivity contribution in [3.8, 4) is 0 Å². The van der Waals surface area contributed by atoms with Gasteiger partial charge in [0.15, 0.2) is 0 Å². The number of benzene rings is 1. The fourth-order valence-electron chi connectivity index (χ4n) is 3.71. The van der Waals surface area contributed by atoms with Crippen LogP contribution in [0.15, 0.2) is 47.5 Å². The smallest absolute Gasteiger partial charge is 0.241 e. The molecule has 1 aromatic carbocycles. The number of carbonyl (C=O) groups excluding carboxylic acids is 1. The van der Waals surface area contributed by atoms with E-state index >= 15 is 0 Å². The van der Waals surface area contributed by atoms with Crippen LogP contribution in [0.25, 0.3) is 11.0 Å². The quantitative estimate of drug-likeness (QED) is 0.473. The summed E-state index contributed by atoms with van der Waals surface area (Å²) in [5.41, 5.74) is 2.58. The van der Waals surface area contributed by atoms with Crippen LogP contribution in [0.5, 0.6) is 0 Å². The van der Waals surface area contributed by atoms with Gasteiger partial charge < -0.3 is 13.9 Å². The van der Waals surface area contributed by atoms with Gasteiger partial charge in [-0.2, -0.15) is 0 Å². The zero-order valence-corrected chi connectivity index (χ0v) is 19.9. The molecule has 0 aliphatic heterocycles. The summed E-state index contributed by atoms with van der Waals surface area (Å²) in [4.78, 5) is 19.5. The van der Waals surface area contributed by atoms with E-state index in [1.807, 2.05) is 49.7 Å². The molecule has 0 aliphatic rings. The number of imidazole rings is 1. The number of nitrogens with zero attached hydrogens (tertiary/aromatic N) is 3. The van der Waals surface area contributed by atoms with E-state index in [0.29, 0.717) is 25.9 Å². The molecule has 174 valence electrons. The fourth-order valence-corrected chi connectivity index (χ4v) is 5.00. The molecule has 8 nitrogen and oxygen atoms in total. The van der Waals surface area contributed by atoms with Crippen molar-refractivity contribution in [3.05, 3.63) is 54.3 Å². The minimum atomic E-state index is -3.55. The molecule has 0 saturated carbocycles. The molecule has 0 aliphatic carbocycles. The summed E-state index contributed by atoms with van der Waals surface area (Å²) in [5, 5.41) is 0.956. The maximum atomic E-state index is 13.7. The van der Waals surface area contributed by atoms with Crippen molar-refractivity contribution >= 4 is 26.9 Å². The summed E-state index contributed by atoms with van der Waals surface area (Å²) in [7, 11) is -1.67. The Bertz CT molecular complexity index is 1150. The first-order valence-electron chi connectivity index (χ1n) is 10.9. The summed E-state index contributed by atoms with van der Waals surface area (Å²) < 4.78 is 34.9. The Morgan fingerprint density at radius 2 is 2.03 bits per heavy atom. The number of nitrogens with one attached hydrogen (secondary N) is 1. The molecule has 0 spiro atoms. The molecule has 2 aromatic heterocycles. The van der Waals surface area contributed by atoms with Crippen molar-refractivity contribution in [1.82, 2.24) is 19.2 Å². The Kier molecular flexibility index (Phi) is 7.73. The number of aryl methyl sites for hydroxylation is 1. The summed E-state index contributed by atoms with van der Waals surface area (Å²) in [5.74, 6) is -0.103. The molecule has 1 atom stereocenters. The van der Waals surface area contributed by atoms with Gasteiger partial charge in [0.25, 0.3) is 0 Å². The van der Waals surface area contributed by atoms with Crippen LogP contribution in [0.1, 0.15) is 44.9 Å². The molecule has 2 heterocycles. The topological polar surface area (TPSA) is 97.4 Å². The van der Waals surface area contributed by atoms with Crippen molar-refractivity contribution < 1.29 is 17.6 Å². The fraction of sp³-hybridized carbons (Fsp3) is 0.478. The van der Waals surface area contributed by atoms with Crippen LogP contribution >= 0.6 is 0 Å². The molecule has 32 heavy (non-hydrogen) atoms. The summed E-state index contributed by atoms with van der Waals surface area (Å²) >= 11 is 0. The monoisotopic (exact) mass is 460 g/mol. The van der Waals surface area contributed by atoms with Gasteiger partial charge in [-0.15, -0.1) is 0 Å². The molecule has 0 saturated heterocycles. The third kappa shape index (κ3) is 6.20. The maximum absolute atomic E-state index is 13.7. The zero-order chi connectivity index (χ0) is 23.3. The van der Waals surface area contributed by atoms with Gasteiger partial charge in [0.2, 0.25) is 15.9 Å². The van der Waals surface area contributed by atoms with Gasteiger partial charge in [0, 0.05) is 25.2 Å². The summed E-state index contributed by atoms with van der Waals surface area (Å²) in [6.07, 6.45) is 5.95. The van der Waals surface area contributed by atoms with E-state index in [9.17, 15) is 13.2 Å². The van der Waals surface area contributed by atoms with E-state index in [2.05, 4.69) is 9.71 Å². The van der Waals surface area contributed by atoms with E-state index < -0.39 is 16.1 Å². The molecular formula is C23H32N4O4S. The minimum absolute atomic E-state index is 0.00619. The number of sulfonamides is 1. The van der Waals surface area contributed by atoms with Gasteiger partial charge in [-0.25, -0.2) is 18.1 Å². The molecule has 0 radical (unpaired) electrons. The summed E-state index contributed by atoms with van der Waals surface area (Å²) in [6.45, 7) is 6.43. The number of carbonyl (C=O) groups is 1. The van der Waals surface area contributed by atoms with Crippen LogP contribution in [0.2, 0.25) is 0 Å². The van der Waals surface area contributed by atoms with Crippen LogP contribution in [0, 0.1) is 5.92 Å². The van der Waals surface area contributed by atoms with Crippen LogP contribution in [0.3, 0.4) is 0 Å². The highest BCUT2D eigenvalue weighted by atomic mass is 32.2. The molecule has 0 unspecified atom stereocenters. The lowest BCUT2D eigenvalue weighted by molar-refractivity contribution is -0.134. The van der Waals surface area contributed by atoms with E-state index in [1.165, 1.54) is 0 Å². The molecule has 0 bridgehead atoms. The first-order chi connectivity index (χ1) is 15.2. The van der Waals surface area contributed by atoms with Crippen molar-refractivity contribution in [2.24, 2.45) is 13.0 Å². The van der Waals surface area contributed by atoms with Crippen molar-refractivity contribution in [2.45, 2.75) is 52.7 Å². The Morgan fingerprint density at radius 3 is 2.69 bits per heavy atom. The standard InChI is InChI=1S/C23H32N4O4S/c1-5-10-32(29,30)25-21(11-17(2)3)23(28)27(15-20-13-24-16-26(20)4)14-18-6-7-22-19(12-18)8-9-31-22/h6-9,12-13,16-17,21,25H,5,10-11,14-15H2,1-4H3/t21-/m0/s1. The molecule has 1 N–H and O–H groups in total. The highest BCUT2D eigenvalue weighted by Gasteiger charge is 2.29. The third-order valence-electron chi connectivity index (χ3n) is 5.27. The van der Waals surface area contributed by atoms with E-state index in [1.54, 1.807) is 30.6 Å². The second-order valence-electron chi connectivity index (χ2n) is 8.60. The molecule has 0 fully saturated rings. The Hall–Kier alpha value is -2.65. The number of hydrogen-bond donors (Lipinski definition) is 1. The first kappa shape index (κ1) is 24.0. The molecule has 9 heteroatoms. The largest absolute Gasteiger partial charge is 0.464 e. The van der Waals surface area contributed by atoms with Gasteiger partial charge in [-0.3, -0.25) is 4.79 Å². The number of hydrogen-bond acceptors (Lipinski definition) is 5. The average Bonchev–Trinajstić information content (AvgIpc) is 3.34. The number of amides is 1. The second-order valence-corrected chi connectivity index (χ2v) is 10.5. The zero-order valence-electron chi connectivity index (χ0n) is 19.1. The Labute approximate surface area is 189 Å². The lowest BCUT2D eigenvalue weighted by Gasteiger charge is -2.29. The van der Waals surface area contributed by atoms with Gasteiger partial charge in [0.05, 0.1) is 30.6 Å². The van der Waals surface area contributed by atoms with E-state index in [0.717, 1.165) is 22.2 Å². The minimum Gasteiger partial charge on any atom is -0.464 e. The van der Waals surface area contributed by atoms with Crippen LogP contribution < -0.4 is 4.72 Å². The number of furan rings is 1. The number of fused-ring (bicyclic) bond motifs is 1. The highest BCUT2D eigenvalue weighted by molar-refractivity contribution is 7.89. The predicted molar refractivity (Wildman–Crippen MR) is 124 cm³/mol. The van der Waals surface area contributed by atoms with E-state index in [4.69, 9.17) is 4.42 Å². The maximum Gasteiger partial charge on any atom is 0.241 e. The van der Waals surface area contributed by atoms with Crippen LogP contribution in [0.4, 0.5) is 0 Å². The normalized spacial score (nSPS) is 13.0. The average molecular weight is 461 g/mol. The van der Waals surface area contributed by atoms with Gasteiger partial charge >= 0.3 is 0 Å². The van der Waals surface area contributed by atoms with Crippen LogP contribution in [-0.2, 0) is 35.0 Å². The number of rotatable bonds is 11. The molecule has 3 aromatic rings. The predicted octanol–water partition coefficient (Wildman–Crippen LogP) is 3.44. The van der Waals surface area contributed by atoms with Crippen molar-refractivity contribution in [1.29, 1.82) is 0 Å². The van der Waals surface area contributed by atoms with Crippen molar-refractivity contribution in [3.63, 3.8) is 0 Å². The SMILES string of the molecule is CCCS(=O)(=O)N[C@@H](CC(C)C)C(=O)N(Cc1ccc2occc2c1)Cc1cncn1C. The highest BCUT2D eigenvalue weighted by Crippen LogP contribution is 2.20. The molecular weight excluding hydrogens is 428 g/mol. The van der Waals surface area contributed by atoms with E-state index in [-0.39, 0.29) is 17.6 Å². The third-order valence-corrected chi connectivity index (χ3v) is 6.86. The summed E-state index contributed by atoms with van der Waals surface area (Å²) in [6, 6.07) is 6.85. The molecule has 3 rings (SSSR count). The Balaban J connectivity index is 1.91. The van der Waals surface area contributed by atoms with Gasteiger partial charge in [0.1, 0.15) is 11.6 Å². The van der Waals surface area contributed by atoms with Crippen molar-refractivity contribution in [2.75, 3.05) is 5.75 Å². The van der Waals surface area contributed by atoms with Gasteiger partial charge in [-0.1, -0.05) is 26.8 Å². The lowest BCUT2D eigenvalue weighted by Crippen LogP contribution is -2.49. The lowest BCUT2D eigenvalue weighted by atomic mass is 10.0. The Morgan fingerprint density at radius 1 is 1.25 bits per heavy atom. The van der Waals surface area contributed by atoms with Gasteiger partial charge in [-0.05, 0) is 42.5 Å².